The minimum atomic E-state index is 0.175. The molecule has 0 N–H and O–H groups in total. The molecule has 0 saturated carbocycles. The number of Topliss-reactive ketones (excluding diaryl/α,β-unsaturated/α-hetero) is 1. The number of anilines is 1. The van der Waals surface area contributed by atoms with Crippen molar-refractivity contribution < 1.29 is 4.79 Å². The Morgan fingerprint density at radius 3 is 2.74 bits per heavy atom. The van der Waals surface area contributed by atoms with Gasteiger partial charge < -0.3 is 4.90 Å². The second kappa shape index (κ2) is 6.48. The molecule has 0 saturated heterocycles. The fourth-order valence-electron chi connectivity index (χ4n) is 1.84. The number of nitrogens with zero attached hydrogens (tertiary/aromatic N) is 2. The van der Waals surface area contributed by atoms with Crippen LogP contribution in [0.3, 0.4) is 0 Å². The fourth-order valence-corrected chi connectivity index (χ4v) is 2.59. The van der Waals surface area contributed by atoms with Crippen LogP contribution in [0.1, 0.15) is 28.1 Å². The summed E-state index contributed by atoms with van der Waals surface area (Å²) in [6.45, 7) is 0. The highest BCUT2D eigenvalue weighted by Crippen LogP contribution is 2.14. The molecule has 100 valence electrons. The van der Waals surface area contributed by atoms with Crippen molar-refractivity contribution in [3.63, 3.8) is 0 Å². The monoisotopic (exact) mass is 274 g/mol. The van der Waals surface area contributed by atoms with Gasteiger partial charge in [0.15, 0.2) is 5.78 Å². The van der Waals surface area contributed by atoms with E-state index in [0.717, 1.165) is 18.7 Å². The maximum Gasteiger partial charge on any atom is 0.164 e. The van der Waals surface area contributed by atoms with Crippen LogP contribution >= 0.6 is 11.3 Å². The Morgan fingerprint density at radius 1 is 1.32 bits per heavy atom. The van der Waals surface area contributed by atoms with E-state index in [1.165, 1.54) is 4.88 Å². The summed E-state index contributed by atoms with van der Waals surface area (Å²) in [5.74, 6) is 1.05. The number of ketones is 1. The van der Waals surface area contributed by atoms with Gasteiger partial charge in [-0.1, -0.05) is 6.07 Å². The molecule has 3 nitrogen and oxygen atoms in total. The van der Waals surface area contributed by atoms with Crippen molar-refractivity contribution in [2.75, 3.05) is 19.0 Å². The molecule has 0 atom stereocenters. The molecule has 2 aromatic heterocycles. The lowest BCUT2D eigenvalue weighted by Gasteiger charge is -2.10. The van der Waals surface area contributed by atoms with Crippen molar-refractivity contribution >= 4 is 22.9 Å². The van der Waals surface area contributed by atoms with E-state index in [-0.39, 0.29) is 5.78 Å². The molecule has 4 heteroatoms. The van der Waals surface area contributed by atoms with Gasteiger partial charge >= 0.3 is 0 Å². The van der Waals surface area contributed by atoms with Gasteiger partial charge in [0, 0.05) is 37.2 Å². The average Bonchev–Trinajstić information content (AvgIpc) is 2.92. The predicted molar refractivity (Wildman–Crippen MR) is 80.2 cm³/mol. The quantitative estimate of drug-likeness (QED) is 0.757. The van der Waals surface area contributed by atoms with Gasteiger partial charge in [-0.2, -0.15) is 0 Å². The average molecular weight is 274 g/mol. The number of aryl methyl sites for hydroxylation is 1. The Kier molecular flexibility index (Phi) is 4.68. The molecule has 2 aromatic rings. The first-order valence-electron chi connectivity index (χ1n) is 6.36. The lowest BCUT2D eigenvalue weighted by atomic mass is 10.1. The molecule has 0 aliphatic heterocycles. The van der Waals surface area contributed by atoms with Crippen LogP contribution in [0.15, 0.2) is 35.8 Å². The van der Waals surface area contributed by atoms with Gasteiger partial charge in [0.25, 0.3) is 0 Å². The molecule has 0 aliphatic carbocycles. The standard InChI is InChI=1S/C15H18N2OS/c1-17(2)15-9-8-12(11-16-15)14(18)7-3-5-13-6-4-10-19-13/h4,6,8-11H,3,5,7H2,1-2H3. The molecule has 0 bridgehead atoms. The Labute approximate surface area is 117 Å². The molecule has 0 fully saturated rings. The zero-order valence-electron chi connectivity index (χ0n) is 11.3. The molecule has 19 heavy (non-hydrogen) atoms. The van der Waals surface area contributed by atoms with E-state index >= 15 is 0 Å². The van der Waals surface area contributed by atoms with E-state index in [9.17, 15) is 4.79 Å². The molecule has 0 amide bonds. The van der Waals surface area contributed by atoms with Crippen molar-refractivity contribution in [1.29, 1.82) is 0 Å². The summed E-state index contributed by atoms with van der Waals surface area (Å²) >= 11 is 1.75. The number of hydrogen-bond acceptors (Lipinski definition) is 4. The summed E-state index contributed by atoms with van der Waals surface area (Å²) in [5.41, 5.74) is 0.705. The summed E-state index contributed by atoms with van der Waals surface area (Å²) in [5, 5.41) is 2.07. The van der Waals surface area contributed by atoms with Crippen molar-refractivity contribution in [2.45, 2.75) is 19.3 Å². The second-order valence-electron chi connectivity index (χ2n) is 4.66. The van der Waals surface area contributed by atoms with Crippen molar-refractivity contribution in [1.82, 2.24) is 4.98 Å². The molecular weight excluding hydrogens is 256 g/mol. The minimum absolute atomic E-state index is 0.175. The lowest BCUT2D eigenvalue weighted by molar-refractivity contribution is 0.0980. The van der Waals surface area contributed by atoms with E-state index < -0.39 is 0 Å². The third-order valence-electron chi connectivity index (χ3n) is 2.94. The third kappa shape index (κ3) is 3.89. The van der Waals surface area contributed by atoms with E-state index in [2.05, 4.69) is 16.4 Å². The van der Waals surface area contributed by atoms with Crippen molar-refractivity contribution in [2.24, 2.45) is 0 Å². The number of carbonyl (C=O) groups is 1. The van der Waals surface area contributed by atoms with Gasteiger partial charge in [0.2, 0.25) is 0 Å². The van der Waals surface area contributed by atoms with E-state index in [1.807, 2.05) is 37.2 Å². The number of aromatic nitrogens is 1. The summed E-state index contributed by atoms with van der Waals surface area (Å²) in [6.07, 6.45) is 4.13. The van der Waals surface area contributed by atoms with E-state index in [1.54, 1.807) is 17.5 Å². The highest BCUT2D eigenvalue weighted by Gasteiger charge is 2.07. The minimum Gasteiger partial charge on any atom is -0.363 e. The van der Waals surface area contributed by atoms with Crippen LogP contribution in [0.2, 0.25) is 0 Å². The number of thiophene rings is 1. The topological polar surface area (TPSA) is 33.2 Å². The van der Waals surface area contributed by atoms with Crippen LogP contribution in [0.4, 0.5) is 5.82 Å². The number of hydrogen-bond donors (Lipinski definition) is 0. The molecular formula is C15H18N2OS. The summed E-state index contributed by atoms with van der Waals surface area (Å²) < 4.78 is 0. The number of rotatable bonds is 6. The SMILES string of the molecule is CN(C)c1ccc(C(=O)CCCc2cccs2)cn1. The van der Waals surface area contributed by atoms with Crippen LogP contribution in [0, 0.1) is 0 Å². The summed E-state index contributed by atoms with van der Waals surface area (Å²) in [7, 11) is 3.87. The molecule has 2 heterocycles. The Balaban J connectivity index is 1.85. The van der Waals surface area contributed by atoms with Gasteiger partial charge in [0.1, 0.15) is 5.82 Å². The van der Waals surface area contributed by atoms with Crippen LogP contribution in [0.25, 0.3) is 0 Å². The maximum absolute atomic E-state index is 12.0. The zero-order chi connectivity index (χ0) is 13.7. The number of pyridine rings is 1. The lowest BCUT2D eigenvalue weighted by Crippen LogP contribution is -2.11. The van der Waals surface area contributed by atoms with Gasteiger partial charge in [-0.15, -0.1) is 11.3 Å². The van der Waals surface area contributed by atoms with Crippen LogP contribution < -0.4 is 4.90 Å². The third-order valence-corrected chi connectivity index (χ3v) is 3.87. The smallest absolute Gasteiger partial charge is 0.164 e. The first-order chi connectivity index (χ1) is 9.16. The maximum atomic E-state index is 12.0. The highest BCUT2D eigenvalue weighted by molar-refractivity contribution is 7.09. The molecule has 0 spiro atoms. The summed E-state index contributed by atoms with van der Waals surface area (Å²) in [4.78, 5) is 19.5. The fraction of sp³-hybridized carbons (Fsp3) is 0.333. The van der Waals surface area contributed by atoms with E-state index in [4.69, 9.17) is 0 Å². The first-order valence-corrected chi connectivity index (χ1v) is 7.24. The largest absolute Gasteiger partial charge is 0.363 e. The Hall–Kier alpha value is -1.68. The summed E-state index contributed by atoms with van der Waals surface area (Å²) in [6, 6.07) is 7.90. The van der Waals surface area contributed by atoms with E-state index in [0.29, 0.717) is 12.0 Å². The molecule has 0 aliphatic rings. The van der Waals surface area contributed by atoms with Crippen LogP contribution in [0.5, 0.6) is 0 Å². The Bertz CT molecular complexity index is 518. The molecule has 0 aromatic carbocycles. The van der Waals surface area contributed by atoms with Gasteiger partial charge in [0.05, 0.1) is 0 Å². The molecule has 2 rings (SSSR count). The normalized spacial score (nSPS) is 10.4. The Morgan fingerprint density at radius 2 is 2.16 bits per heavy atom. The zero-order valence-corrected chi connectivity index (χ0v) is 12.1. The number of carbonyl (C=O) groups excluding carboxylic acids is 1. The van der Waals surface area contributed by atoms with Gasteiger partial charge in [-0.25, -0.2) is 4.98 Å². The van der Waals surface area contributed by atoms with Crippen molar-refractivity contribution in [3.05, 3.63) is 46.3 Å². The molecule has 0 radical (unpaired) electrons. The molecule has 0 unspecified atom stereocenters. The first kappa shape index (κ1) is 13.7. The van der Waals surface area contributed by atoms with Gasteiger partial charge in [-0.3, -0.25) is 4.79 Å². The van der Waals surface area contributed by atoms with Crippen LogP contribution in [-0.2, 0) is 6.42 Å². The van der Waals surface area contributed by atoms with Crippen LogP contribution in [-0.4, -0.2) is 24.9 Å². The highest BCUT2D eigenvalue weighted by atomic mass is 32.1. The van der Waals surface area contributed by atoms with Gasteiger partial charge in [-0.05, 0) is 36.4 Å². The second-order valence-corrected chi connectivity index (χ2v) is 5.69. The van der Waals surface area contributed by atoms with Crippen molar-refractivity contribution in [3.8, 4) is 0 Å². The predicted octanol–water partition coefficient (Wildman–Crippen LogP) is 3.41.